The molecule has 0 aliphatic rings. The summed E-state index contributed by atoms with van der Waals surface area (Å²) in [6, 6.07) is 13.3. The molecule has 0 saturated heterocycles. The van der Waals surface area contributed by atoms with Crippen LogP contribution >= 0.6 is 0 Å². The van der Waals surface area contributed by atoms with Crippen molar-refractivity contribution in [2.45, 2.75) is 6.92 Å². The quantitative estimate of drug-likeness (QED) is 0.716. The Morgan fingerprint density at radius 3 is 2.58 bits per heavy atom. The molecule has 0 fully saturated rings. The van der Waals surface area contributed by atoms with Gasteiger partial charge < -0.3 is 19.5 Å². The molecule has 6 heteroatoms. The van der Waals surface area contributed by atoms with E-state index in [4.69, 9.17) is 14.2 Å². The van der Waals surface area contributed by atoms with E-state index in [0.29, 0.717) is 29.4 Å². The number of anilines is 2. The van der Waals surface area contributed by atoms with Crippen LogP contribution in [0, 0.1) is 11.3 Å². The van der Waals surface area contributed by atoms with E-state index in [1.807, 2.05) is 43.3 Å². The first-order valence-corrected chi connectivity index (χ1v) is 8.14. The number of nitrogens with one attached hydrogen (secondary N) is 1. The van der Waals surface area contributed by atoms with Crippen LogP contribution in [0.3, 0.4) is 0 Å². The average molecular weight is 349 g/mol. The summed E-state index contributed by atoms with van der Waals surface area (Å²) >= 11 is 0. The summed E-state index contributed by atoms with van der Waals surface area (Å²) in [5.41, 5.74) is 2.66. The number of hydrogen-bond donors (Lipinski definition) is 1. The fourth-order valence-electron chi connectivity index (χ4n) is 2.71. The van der Waals surface area contributed by atoms with Crippen LogP contribution in [0.25, 0.3) is 10.9 Å². The number of methoxy groups -OCH3 is 2. The minimum absolute atomic E-state index is 0.445. The first kappa shape index (κ1) is 17.4. The van der Waals surface area contributed by atoms with E-state index in [9.17, 15) is 5.26 Å². The lowest BCUT2D eigenvalue weighted by Gasteiger charge is -2.14. The molecule has 0 radical (unpaired) electrons. The van der Waals surface area contributed by atoms with Crippen LogP contribution in [-0.2, 0) is 0 Å². The second-order valence-corrected chi connectivity index (χ2v) is 5.47. The number of nitriles is 1. The number of aromatic nitrogens is 1. The van der Waals surface area contributed by atoms with Gasteiger partial charge in [0.05, 0.1) is 37.6 Å². The van der Waals surface area contributed by atoms with E-state index in [1.165, 1.54) is 0 Å². The molecule has 132 valence electrons. The van der Waals surface area contributed by atoms with Gasteiger partial charge in [-0.2, -0.15) is 5.26 Å². The van der Waals surface area contributed by atoms with Gasteiger partial charge in [-0.15, -0.1) is 0 Å². The van der Waals surface area contributed by atoms with Gasteiger partial charge in [0.15, 0.2) is 11.5 Å². The highest BCUT2D eigenvalue weighted by molar-refractivity contribution is 5.96. The van der Waals surface area contributed by atoms with Gasteiger partial charge in [-0.05, 0) is 37.3 Å². The lowest BCUT2D eigenvalue weighted by atomic mass is 10.1. The lowest BCUT2D eigenvalue weighted by Crippen LogP contribution is -1.99. The Morgan fingerprint density at radius 1 is 1.08 bits per heavy atom. The number of pyridine rings is 1. The predicted octanol–water partition coefficient (Wildman–Crippen LogP) is 4.27. The van der Waals surface area contributed by atoms with Crippen molar-refractivity contribution < 1.29 is 14.2 Å². The molecular weight excluding hydrogens is 330 g/mol. The Bertz CT molecular complexity index is 980. The van der Waals surface area contributed by atoms with E-state index in [-0.39, 0.29) is 0 Å². The van der Waals surface area contributed by atoms with E-state index in [1.54, 1.807) is 20.4 Å². The molecule has 0 saturated carbocycles. The Labute approximate surface area is 151 Å². The van der Waals surface area contributed by atoms with Crippen LogP contribution in [0.2, 0.25) is 0 Å². The summed E-state index contributed by atoms with van der Waals surface area (Å²) in [4.78, 5) is 4.35. The van der Waals surface area contributed by atoms with Crippen LogP contribution in [0.1, 0.15) is 12.5 Å². The van der Waals surface area contributed by atoms with Crippen molar-refractivity contribution in [2.24, 2.45) is 0 Å². The van der Waals surface area contributed by atoms with Crippen LogP contribution in [0.15, 0.2) is 42.6 Å². The Morgan fingerprint density at radius 2 is 1.88 bits per heavy atom. The first-order valence-electron chi connectivity index (χ1n) is 8.14. The minimum Gasteiger partial charge on any atom is -0.494 e. The monoisotopic (exact) mass is 349 g/mol. The summed E-state index contributed by atoms with van der Waals surface area (Å²) in [5, 5.41) is 13.6. The smallest absolute Gasteiger partial charge is 0.162 e. The second-order valence-electron chi connectivity index (χ2n) is 5.47. The zero-order chi connectivity index (χ0) is 18.5. The minimum atomic E-state index is 0.445. The third kappa shape index (κ3) is 3.33. The molecule has 0 spiro atoms. The lowest BCUT2D eigenvalue weighted by molar-refractivity contribution is 0.340. The van der Waals surface area contributed by atoms with E-state index in [0.717, 1.165) is 22.3 Å². The Kier molecular flexibility index (Phi) is 5.09. The molecule has 0 unspecified atom stereocenters. The normalized spacial score (nSPS) is 10.2. The van der Waals surface area contributed by atoms with Crippen LogP contribution in [0.5, 0.6) is 17.2 Å². The van der Waals surface area contributed by atoms with Crippen molar-refractivity contribution in [3.8, 4) is 23.3 Å². The molecule has 0 bridgehead atoms. The van der Waals surface area contributed by atoms with Crippen molar-refractivity contribution in [3.63, 3.8) is 0 Å². The molecule has 3 rings (SSSR count). The van der Waals surface area contributed by atoms with Gasteiger partial charge in [0.1, 0.15) is 11.8 Å². The molecule has 6 nitrogen and oxygen atoms in total. The molecule has 0 aliphatic carbocycles. The summed E-state index contributed by atoms with van der Waals surface area (Å²) < 4.78 is 16.2. The highest BCUT2D eigenvalue weighted by atomic mass is 16.5. The summed E-state index contributed by atoms with van der Waals surface area (Å²) in [6.07, 6.45) is 1.56. The highest BCUT2D eigenvalue weighted by Gasteiger charge is 2.12. The van der Waals surface area contributed by atoms with Gasteiger partial charge >= 0.3 is 0 Å². The van der Waals surface area contributed by atoms with Gasteiger partial charge in [0.25, 0.3) is 0 Å². The Hall–Kier alpha value is -3.46. The molecule has 0 aliphatic heterocycles. The molecule has 0 atom stereocenters. The van der Waals surface area contributed by atoms with Crippen LogP contribution in [-0.4, -0.2) is 25.8 Å². The number of ether oxygens (including phenoxy) is 3. The molecule has 0 amide bonds. The van der Waals surface area contributed by atoms with Gasteiger partial charge in [0.2, 0.25) is 0 Å². The molecule has 2 aromatic carbocycles. The topological polar surface area (TPSA) is 76.4 Å². The molecule has 1 heterocycles. The third-order valence-electron chi connectivity index (χ3n) is 3.92. The van der Waals surface area contributed by atoms with Crippen molar-refractivity contribution in [1.82, 2.24) is 4.98 Å². The molecular formula is C20H19N3O3. The van der Waals surface area contributed by atoms with Crippen LogP contribution < -0.4 is 19.5 Å². The maximum Gasteiger partial charge on any atom is 0.162 e. The number of nitrogens with zero attached hydrogens (tertiary/aromatic N) is 2. The third-order valence-corrected chi connectivity index (χ3v) is 3.92. The largest absolute Gasteiger partial charge is 0.494 e. The highest BCUT2D eigenvalue weighted by Crippen LogP contribution is 2.35. The summed E-state index contributed by atoms with van der Waals surface area (Å²) in [6.45, 7) is 2.49. The fraction of sp³-hybridized carbons (Fsp3) is 0.200. The van der Waals surface area contributed by atoms with Crippen molar-refractivity contribution >= 4 is 22.3 Å². The van der Waals surface area contributed by atoms with Crippen LogP contribution in [0.4, 0.5) is 11.4 Å². The first-order chi connectivity index (χ1) is 12.7. The zero-order valence-corrected chi connectivity index (χ0v) is 14.9. The number of fused-ring (bicyclic) bond motifs is 1. The Balaban J connectivity index is 2.11. The molecule has 1 N–H and O–H groups in total. The van der Waals surface area contributed by atoms with Gasteiger partial charge in [-0.25, -0.2) is 0 Å². The van der Waals surface area contributed by atoms with E-state index >= 15 is 0 Å². The van der Waals surface area contributed by atoms with Crippen molar-refractivity contribution in [3.05, 3.63) is 48.2 Å². The summed E-state index contributed by atoms with van der Waals surface area (Å²) in [7, 11) is 3.17. The van der Waals surface area contributed by atoms with Crippen molar-refractivity contribution in [2.75, 3.05) is 26.1 Å². The predicted molar refractivity (Wildman–Crippen MR) is 100 cm³/mol. The summed E-state index contributed by atoms with van der Waals surface area (Å²) in [5.74, 6) is 1.97. The maximum absolute atomic E-state index is 9.51. The van der Waals surface area contributed by atoms with Gasteiger partial charge in [0, 0.05) is 23.3 Å². The zero-order valence-electron chi connectivity index (χ0n) is 14.9. The maximum atomic E-state index is 9.51. The number of rotatable bonds is 6. The van der Waals surface area contributed by atoms with E-state index in [2.05, 4.69) is 16.4 Å². The standard InChI is InChI=1S/C20H19N3O3/c1-4-26-15-6-7-17-16(10-15)20(13(11-21)12-22-17)23-14-5-8-18(24-2)19(9-14)25-3/h5-10,12H,4H2,1-3H3,(H,22,23). The van der Waals surface area contributed by atoms with Gasteiger partial charge in [-0.3, -0.25) is 4.98 Å². The molecule has 26 heavy (non-hydrogen) atoms. The second kappa shape index (κ2) is 7.62. The molecule has 1 aromatic heterocycles. The average Bonchev–Trinajstić information content (AvgIpc) is 2.68. The number of benzene rings is 2. The molecule has 3 aromatic rings. The van der Waals surface area contributed by atoms with Gasteiger partial charge in [-0.1, -0.05) is 0 Å². The number of hydrogen-bond acceptors (Lipinski definition) is 6. The van der Waals surface area contributed by atoms with Crippen molar-refractivity contribution in [1.29, 1.82) is 5.26 Å². The van der Waals surface area contributed by atoms with E-state index < -0.39 is 0 Å². The fourth-order valence-corrected chi connectivity index (χ4v) is 2.71. The SMILES string of the molecule is CCOc1ccc2ncc(C#N)c(Nc3ccc(OC)c(OC)c3)c2c1.